The number of halogens is 1. The largest absolute Gasteiger partial charge is 0.481 e. The van der Waals surface area contributed by atoms with Gasteiger partial charge in [-0.3, -0.25) is 4.79 Å². The van der Waals surface area contributed by atoms with Gasteiger partial charge in [0.05, 0.1) is 18.1 Å². The predicted molar refractivity (Wildman–Crippen MR) is 72.2 cm³/mol. The van der Waals surface area contributed by atoms with E-state index in [2.05, 4.69) is 5.32 Å². The van der Waals surface area contributed by atoms with Gasteiger partial charge in [0.25, 0.3) is 0 Å². The van der Waals surface area contributed by atoms with Gasteiger partial charge in [0.15, 0.2) is 0 Å². The minimum Gasteiger partial charge on any atom is -0.481 e. The summed E-state index contributed by atoms with van der Waals surface area (Å²) in [4.78, 5) is 11.0. The summed E-state index contributed by atoms with van der Waals surface area (Å²) in [5.41, 5.74) is 0. The Hall–Kier alpha value is -0.320. The lowest BCUT2D eigenvalue weighted by molar-refractivity contribution is -0.147. The highest BCUT2D eigenvalue weighted by atomic mass is 35.5. The standard InChI is InChI=1S/C13H23NO3.ClH/c1-9-8-11(2-3-12(9)13(15)16)17-10-4-6-14-7-5-10;/h9-12,14H,2-8H2,1H3,(H,15,16);1H. The Morgan fingerprint density at radius 1 is 1.17 bits per heavy atom. The molecule has 0 aromatic carbocycles. The molecule has 18 heavy (non-hydrogen) atoms. The Morgan fingerprint density at radius 2 is 1.83 bits per heavy atom. The summed E-state index contributed by atoms with van der Waals surface area (Å²) in [5.74, 6) is -0.561. The summed E-state index contributed by atoms with van der Waals surface area (Å²) in [6.07, 6.45) is 5.43. The van der Waals surface area contributed by atoms with Crippen LogP contribution in [0.3, 0.4) is 0 Å². The number of piperidine rings is 1. The highest BCUT2D eigenvalue weighted by molar-refractivity contribution is 5.85. The zero-order valence-corrected chi connectivity index (χ0v) is 11.7. The number of ether oxygens (including phenoxy) is 1. The van der Waals surface area contributed by atoms with Crippen LogP contribution < -0.4 is 5.32 Å². The Labute approximate surface area is 115 Å². The van der Waals surface area contributed by atoms with Crippen LogP contribution in [-0.2, 0) is 9.53 Å². The highest BCUT2D eigenvalue weighted by Crippen LogP contribution is 2.32. The van der Waals surface area contributed by atoms with Gasteiger partial charge in [-0.05, 0) is 51.1 Å². The molecule has 2 aliphatic rings. The second-order valence-corrected chi connectivity index (χ2v) is 5.44. The van der Waals surface area contributed by atoms with E-state index in [9.17, 15) is 4.79 Å². The van der Waals surface area contributed by atoms with Crippen LogP contribution in [0.15, 0.2) is 0 Å². The molecule has 1 saturated heterocycles. The van der Waals surface area contributed by atoms with E-state index >= 15 is 0 Å². The molecular formula is C13H24ClNO3. The first-order chi connectivity index (χ1) is 8.16. The summed E-state index contributed by atoms with van der Waals surface area (Å²) in [6.45, 7) is 4.13. The molecule has 4 nitrogen and oxygen atoms in total. The van der Waals surface area contributed by atoms with Crippen LogP contribution in [0.4, 0.5) is 0 Å². The van der Waals surface area contributed by atoms with Gasteiger partial charge in [0.1, 0.15) is 0 Å². The number of carboxylic acid groups (broad SMARTS) is 1. The summed E-state index contributed by atoms with van der Waals surface area (Å²) in [7, 11) is 0. The number of carboxylic acids is 1. The van der Waals surface area contributed by atoms with Crippen LogP contribution in [0.25, 0.3) is 0 Å². The van der Waals surface area contributed by atoms with Crippen LogP contribution >= 0.6 is 12.4 Å². The van der Waals surface area contributed by atoms with Crippen LogP contribution in [0, 0.1) is 11.8 Å². The Bertz CT molecular complexity index is 269. The maximum atomic E-state index is 11.0. The maximum absolute atomic E-state index is 11.0. The van der Waals surface area contributed by atoms with Crippen molar-refractivity contribution in [3.63, 3.8) is 0 Å². The van der Waals surface area contributed by atoms with Crippen molar-refractivity contribution >= 4 is 18.4 Å². The van der Waals surface area contributed by atoms with Gasteiger partial charge in [-0.25, -0.2) is 0 Å². The molecule has 1 aliphatic heterocycles. The zero-order chi connectivity index (χ0) is 12.3. The van der Waals surface area contributed by atoms with Crippen molar-refractivity contribution in [1.82, 2.24) is 5.32 Å². The first kappa shape index (κ1) is 15.7. The van der Waals surface area contributed by atoms with Gasteiger partial charge in [0.2, 0.25) is 0 Å². The smallest absolute Gasteiger partial charge is 0.306 e. The van der Waals surface area contributed by atoms with E-state index in [-0.39, 0.29) is 30.3 Å². The molecule has 1 aliphatic carbocycles. The normalized spacial score (nSPS) is 33.7. The number of rotatable bonds is 3. The molecule has 1 heterocycles. The monoisotopic (exact) mass is 277 g/mol. The topological polar surface area (TPSA) is 58.6 Å². The Kier molecular flexibility index (Phi) is 6.39. The lowest BCUT2D eigenvalue weighted by atomic mass is 9.79. The minimum absolute atomic E-state index is 0. The molecule has 0 bridgehead atoms. The summed E-state index contributed by atoms with van der Waals surface area (Å²) in [5, 5.41) is 12.4. The van der Waals surface area contributed by atoms with E-state index in [1.807, 2.05) is 6.92 Å². The second kappa shape index (κ2) is 7.31. The van der Waals surface area contributed by atoms with Crippen LogP contribution in [0.5, 0.6) is 0 Å². The predicted octanol–water partition coefficient (Wildman–Crippen LogP) is 2.07. The Balaban J connectivity index is 0.00000162. The third-order valence-electron chi connectivity index (χ3n) is 4.11. The number of hydrogen-bond donors (Lipinski definition) is 2. The first-order valence-corrected chi connectivity index (χ1v) is 6.76. The van der Waals surface area contributed by atoms with E-state index < -0.39 is 5.97 Å². The van der Waals surface area contributed by atoms with Crippen LogP contribution in [0.2, 0.25) is 0 Å². The molecule has 3 unspecified atom stereocenters. The van der Waals surface area contributed by atoms with Gasteiger partial charge in [0, 0.05) is 0 Å². The van der Waals surface area contributed by atoms with E-state index in [1.165, 1.54) is 0 Å². The zero-order valence-electron chi connectivity index (χ0n) is 10.9. The third-order valence-corrected chi connectivity index (χ3v) is 4.11. The van der Waals surface area contributed by atoms with E-state index in [0.29, 0.717) is 6.10 Å². The van der Waals surface area contributed by atoms with Gasteiger partial charge < -0.3 is 15.2 Å². The Morgan fingerprint density at radius 3 is 2.39 bits per heavy atom. The quantitative estimate of drug-likeness (QED) is 0.829. The number of carbonyl (C=O) groups is 1. The van der Waals surface area contributed by atoms with Gasteiger partial charge in [-0.15, -0.1) is 12.4 Å². The van der Waals surface area contributed by atoms with E-state index in [0.717, 1.165) is 45.2 Å². The summed E-state index contributed by atoms with van der Waals surface area (Å²) < 4.78 is 6.10. The van der Waals surface area contributed by atoms with Crippen LogP contribution in [0.1, 0.15) is 39.0 Å². The van der Waals surface area contributed by atoms with Crippen molar-refractivity contribution in [1.29, 1.82) is 0 Å². The number of nitrogens with one attached hydrogen (secondary N) is 1. The number of aliphatic carboxylic acids is 1. The minimum atomic E-state index is -0.641. The fourth-order valence-electron chi connectivity index (χ4n) is 3.04. The highest BCUT2D eigenvalue weighted by Gasteiger charge is 2.33. The fraction of sp³-hybridized carbons (Fsp3) is 0.923. The third kappa shape index (κ3) is 4.11. The van der Waals surface area contributed by atoms with Crippen molar-refractivity contribution < 1.29 is 14.6 Å². The van der Waals surface area contributed by atoms with E-state index in [1.54, 1.807) is 0 Å². The molecule has 2 N–H and O–H groups in total. The molecular weight excluding hydrogens is 254 g/mol. The lowest BCUT2D eigenvalue weighted by Gasteiger charge is -2.35. The van der Waals surface area contributed by atoms with Crippen molar-refractivity contribution in [2.75, 3.05) is 13.1 Å². The first-order valence-electron chi connectivity index (χ1n) is 6.76. The average molecular weight is 278 g/mol. The summed E-state index contributed by atoms with van der Waals surface area (Å²) >= 11 is 0. The molecule has 2 rings (SSSR count). The number of hydrogen-bond acceptors (Lipinski definition) is 3. The average Bonchev–Trinajstić information content (AvgIpc) is 2.30. The fourth-order valence-corrected chi connectivity index (χ4v) is 3.04. The van der Waals surface area contributed by atoms with Crippen molar-refractivity contribution in [3.05, 3.63) is 0 Å². The molecule has 0 spiro atoms. The SMILES string of the molecule is CC1CC(OC2CCNCC2)CCC1C(=O)O.Cl. The van der Waals surface area contributed by atoms with Crippen LogP contribution in [-0.4, -0.2) is 36.4 Å². The molecule has 3 atom stereocenters. The second-order valence-electron chi connectivity index (χ2n) is 5.44. The van der Waals surface area contributed by atoms with Gasteiger partial charge in [-0.2, -0.15) is 0 Å². The van der Waals surface area contributed by atoms with Gasteiger partial charge in [-0.1, -0.05) is 6.92 Å². The molecule has 0 radical (unpaired) electrons. The van der Waals surface area contributed by atoms with E-state index in [4.69, 9.17) is 9.84 Å². The summed E-state index contributed by atoms with van der Waals surface area (Å²) in [6, 6.07) is 0. The van der Waals surface area contributed by atoms with Gasteiger partial charge >= 0.3 is 5.97 Å². The molecule has 106 valence electrons. The molecule has 0 amide bonds. The molecule has 0 aromatic rings. The van der Waals surface area contributed by atoms with Crippen molar-refractivity contribution in [3.8, 4) is 0 Å². The lowest BCUT2D eigenvalue weighted by Crippen LogP contribution is -2.38. The van der Waals surface area contributed by atoms with Crippen molar-refractivity contribution in [2.24, 2.45) is 11.8 Å². The molecule has 2 fully saturated rings. The van der Waals surface area contributed by atoms with Crippen molar-refractivity contribution in [2.45, 2.75) is 51.2 Å². The molecule has 5 heteroatoms. The molecule has 0 aromatic heterocycles. The maximum Gasteiger partial charge on any atom is 0.306 e. The molecule has 1 saturated carbocycles.